The van der Waals surface area contributed by atoms with Gasteiger partial charge in [0.1, 0.15) is 0 Å². The van der Waals surface area contributed by atoms with Crippen LogP contribution < -0.4 is 0 Å². The molecule has 0 N–H and O–H groups in total. The number of hydrogen-bond acceptors (Lipinski definition) is 2. The standard InChI is InChI=1S/C30H34O2/c1-15-11-17(3)25(18(4)12-15)29(31)27-21(7)23(9)28(24(10)22(27)8)30(32)26-19(5)13-16(2)14-20(26)6/h11-14H,1-10H3. The van der Waals surface area contributed by atoms with Crippen LogP contribution in [0.1, 0.15) is 87.5 Å². The van der Waals surface area contributed by atoms with Crippen LogP contribution in [0.3, 0.4) is 0 Å². The van der Waals surface area contributed by atoms with Gasteiger partial charge in [-0.25, -0.2) is 0 Å². The van der Waals surface area contributed by atoms with Gasteiger partial charge in [0.15, 0.2) is 11.6 Å². The predicted molar refractivity (Wildman–Crippen MR) is 134 cm³/mol. The van der Waals surface area contributed by atoms with Gasteiger partial charge in [-0.05, 0) is 114 Å². The van der Waals surface area contributed by atoms with Gasteiger partial charge in [0, 0.05) is 22.3 Å². The lowest BCUT2D eigenvalue weighted by molar-refractivity contribution is 0.102. The molecule has 2 heteroatoms. The van der Waals surface area contributed by atoms with Crippen molar-refractivity contribution in [1.82, 2.24) is 0 Å². The molecule has 0 aliphatic heterocycles. The maximum absolute atomic E-state index is 13.8. The Bertz CT molecular complexity index is 1110. The number of aryl methyl sites for hydroxylation is 6. The van der Waals surface area contributed by atoms with Crippen molar-refractivity contribution in [1.29, 1.82) is 0 Å². The Labute approximate surface area is 192 Å². The van der Waals surface area contributed by atoms with Gasteiger partial charge >= 0.3 is 0 Å². The van der Waals surface area contributed by atoms with Gasteiger partial charge in [0.05, 0.1) is 0 Å². The van der Waals surface area contributed by atoms with Crippen LogP contribution in [0.4, 0.5) is 0 Å². The van der Waals surface area contributed by atoms with E-state index < -0.39 is 0 Å². The zero-order valence-corrected chi connectivity index (χ0v) is 21.1. The third-order valence-corrected chi connectivity index (χ3v) is 6.89. The predicted octanol–water partition coefficient (Wildman–Crippen LogP) is 7.23. The molecule has 0 fully saturated rings. The Morgan fingerprint density at radius 3 is 0.844 bits per heavy atom. The minimum absolute atomic E-state index is 0.0443. The molecule has 3 aromatic rings. The Kier molecular flexibility index (Phi) is 6.29. The highest BCUT2D eigenvalue weighted by molar-refractivity contribution is 6.16. The molecule has 0 heterocycles. The third kappa shape index (κ3) is 3.83. The van der Waals surface area contributed by atoms with Crippen molar-refractivity contribution in [3.8, 4) is 0 Å². The first-order chi connectivity index (χ1) is 14.9. The van der Waals surface area contributed by atoms with Gasteiger partial charge in [0.25, 0.3) is 0 Å². The largest absolute Gasteiger partial charge is 0.289 e. The number of carbonyl (C=O) groups excluding carboxylic acids is 2. The molecule has 0 saturated heterocycles. The van der Waals surface area contributed by atoms with E-state index in [1.54, 1.807) is 0 Å². The molecule has 0 unspecified atom stereocenters. The molecule has 0 amide bonds. The Morgan fingerprint density at radius 1 is 0.406 bits per heavy atom. The molecular formula is C30H34O2. The monoisotopic (exact) mass is 426 g/mol. The second-order valence-corrected chi connectivity index (χ2v) is 9.46. The summed E-state index contributed by atoms with van der Waals surface area (Å²) < 4.78 is 0. The Hall–Kier alpha value is -3.00. The molecule has 0 aromatic heterocycles. The van der Waals surface area contributed by atoms with Crippen molar-refractivity contribution in [2.45, 2.75) is 69.2 Å². The fourth-order valence-corrected chi connectivity index (χ4v) is 5.32. The van der Waals surface area contributed by atoms with Crippen molar-refractivity contribution < 1.29 is 9.59 Å². The van der Waals surface area contributed by atoms with Crippen LogP contribution in [0.2, 0.25) is 0 Å². The second kappa shape index (κ2) is 8.50. The van der Waals surface area contributed by atoms with Gasteiger partial charge in [-0.2, -0.15) is 0 Å². The zero-order chi connectivity index (χ0) is 24.1. The average molecular weight is 427 g/mol. The summed E-state index contributed by atoms with van der Waals surface area (Å²) in [6, 6.07) is 8.24. The minimum Gasteiger partial charge on any atom is -0.289 e. The Balaban J connectivity index is 2.25. The van der Waals surface area contributed by atoms with Gasteiger partial charge in [-0.15, -0.1) is 0 Å². The highest BCUT2D eigenvalue weighted by atomic mass is 16.1. The van der Waals surface area contributed by atoms with Crippen molar-refractivity contribution in [2.75, 3.05) is 0 Å². The van der Waals surface area contributed by atoms with Gasteiger partial charge in [-0.1, -0.05) is 35.4 Å². The van der Waals surface area contributed by atoms with Crippen LogP contribution in [-0.2, 0) is 0 Å². The van der Waals surface area contributed by atoms with Crippen molar-refractivity contribution in [3.63, 3.8) is 0 Å². The molecule has 3 rings (SSSR count). The maximum Gasteiger partial charge on any atom is 0.194 e. The van der Waals surface area contributed by atoms with E-state index in [9.17, 15) is 9.59 Å². The first kappa shape index (κ1) is 23.7. The van der Waals surface area contributed by atoms with Gasteiger partial charge in [0.2, 0.25) is 0 Å². The van der Waals surface area contributed by atoms with Gasteiger partial charge in [-0.3, -0.25) is 9.59 Å². The molecule has 0 aliphatic carbocycles. The molecule has 0 bridgehead atoms. The number of hydrogen-bond donors (Lipinski definition) is 0. The summed E-state index contributed by atoms with van der Waals surface area (Å²) in [7, 11) is 0. The first-order valence-electron chi connectivity index (χ1n) is 11.2. The number of rotatable bonds is 4. The zero-order valence-electron chi connectivity index (χ0n) is 21.1. The quantitative estimate of drug-likeness (QED) is 0.412. The molecule has 0 radical (unpaired) electrons. The molecule has 32 heavy (non-hydrogen) atoms. The molecule has 2 nitrogen and oxygen atoms in total. The minimum atomic E-state index is 0.0443. The highest BCUT2D eigenvalue weighted by Gasteiger charge is 2.27. The number of ketones is 2. The third-order valence-electron chi connectivity index (χ3n) is 6.89. The van der Waals surface area contributed by atoms with Crippen LogP contribution in [0, 0.1) is 69.2 Å². The van der Waals surface area contributed by atoms with E-state index in [-0.39, 0.29) is 11.6 Å². The summed E-state index contributed by atoms with van der Waals surface area (Å²) in [5.74, 6) is 0.0887. The van der Waals surface area contributed by atoms with E-state index in [4.69, 9.17) is 0 Å². The lowest BCUT2D eigenvalue weighted by Crippen LogP contribution is -2.17. The van der Waals surface area contributed by atoms with Crippen LogP contribution >= 0.6 is 0 Å². The van der Waals surface area contributed by atoms with Gasteiger partial charge < -0.3 is 0 Å². The van der Waals surface area contributed by atoms with Crippen molar-refractivity contribution >= 4 is 11.6 Å². The summed E-state index contributed by atoms with van der Waals surface area (Å²) in [6.07, 6.45) is 0. The van der Waals surface area contributed by atoms with Crippen LogP contribution in [0.15, 0.2) is 24.3 Å². The molecule has 3 aromatic carbocycles. The van der Waals surface area contributed by atoms with Crippen molar-refractivity contribution in [2.24, 2.45) is 0 Å². The van der Waals surface area contributed by atoms with E-state index in [1.807, 2.05) is 55.4 Å². The van der Waals surface area contributed by atoms with E-state index in [2.05, 4.69) is 38.1 Å². The van der Waals surface area contributed by atoms with Crippen LogP contribution in [-0.4, -0.2) is 11.6 Å². The molecule has 0 spiro atoms. The average Bonchev–Trinajstić information content (AvgIpc) is 2.65. The number of benzene rings is 3. The fourth-order valence-electron chi connectivity index (χ4n) is 5.32. The highest BCUT2D eigenvalue weighted by Crippen LogP contribution is 2.33. The smallest absolute Gasteiger partial charge is 0.194 e. The fraction of sp³-hybridized carbons (Fsp3) is 0.333. The van der Waals surface area contributed by atoms with E-state index in [0.29, 0.717) is 0 Å². The topological polar surface area (TPSA) is 34.1 Å². The summed E-state index contributed by atoms with van der Waals surface area (Å²) in [6.45, 7) is 20.0. The van der Waals surface area contributed by atoms with Crippen LogP contribution in [0.25, 0.3) is 0 Å². The number of carbonyl (C=O) groups is 2. The summed E-state index contributed by atoms with van der Waals surface area (Å²) in [5.41, 5.74) is 12.8. The SMILES string of the molecule is Cc1cc(C)c(C(=O)c2c(C)c(C)c(C(=O)c3c(C)cc(C)cc3C)c(C)c2C)c(C)c1. The molecule has 0 atom stereocenters. The molecular weight excluding hydrogens is 392 g/mol. The summed E-state index contributed by atoms with van der Waals surface area (Å²) in [4.78, 5) is 27.5. The van der Waals surface area contributed by atoms with E-state index >= 15 is 0 Å². The lowest BCUT2D eigenvalue weighted by atomic mass is 9.81. The normalized spacial score (nSPS) is 11.1. The molecule has 166 valence electrons. The maximum atomic E-state index is 13.8. The van der Waals surface area contributed by atoms with E-state index in [0.717, 1.165) is 77.9 Å². The Morgan fingerprint density at radius 2 is 0.625 bits per heavy atom. The first-order valence-corrected chi connectivity index (χ1v) is 11.2. The molecule has 0 saturated carbocycles. The summed E-state index contributed by atoms with van der Waals surface area (Å²) >= 11 is 0. The van der Waals surface area contributed by atoms with E-state index in [1.165, 1.54) is 0 Å². The van der Waals surface area contributed by atoms with Crippen molar-refractivity contribution in [3.05, 3.63) is 102 Å². The van der Waals surface area contributed by atoms with Crippen LogP contribution in [0.5, 0.6) is 0 Å². The second-order valence-electron chi connectivity index (χ2n) is 9.46. The lowest BCUT2D eigenvalue weighted by Gasteiger charge is -2.22. The summed E-state index contributed by atoms with van der Waals surface area (Å²) in [5, 5.41) is 0. The molecule has 0 aliphatic rings.